The normalized spacial score (nSPS) is 10.0. The largest absolute Gasteiger partial charge is 0.462 e. The molecular weight excluding hydrogens is 302 g/mol. The molecule has 0 unspecified atom stereocenters. The quantitative estimate of drug-likeness (QED) is 0.799. The third-order valence-electron chi connectivity index (χ3n) is 2.12. The highest BCUT2D eigenvalue weighted by Gasteiger charge is 2.22. The van der Waals surface area contributed by atoms with Crippen LogP contribution >= 0.6 is 15.9 Å². The van der Waals surface area contributed by atoms with Crippen LogP contribution in [0.4, 0.5) is 0 Å². The van der Waals surface area contributed by atoms with Crippen LogP contribution in [-0.4, -0.2) is 30.1 Å². The summed E-state index contributed by atoms with van der Waals surface area (Å²) >= 11 is 3.27. The Bertz CT molecular complexity index is 430. The monoisotopic (exact) mass is 315 g/mol. The molecule has 0 saturated heterocycles. The van der Waals surface area contributed by atoms with Gasteiger partial charge >= 0.3 is 11.9 Å². The van der Waals surface area contributed by atoms with Gasteiger partial charge in [-0.25, -0.2) is 14.6 Å². The molecular formula is C12H14BrNO4. The number of aryl methyl sites for hydroxylation is 1. The molecule has 6 heteroatoms. The summed E-state index contributed by atoms with van der Waals surface area (Å²) in [6.45, 7) is 5.55. The van der Waals surface area contributed by atoms with Gasteiger partial charge in [0.1, 0.15) is 0 Å². The number of aromatic nitrogens is 1. The molecule has 0 radical (unpaired) electrons. The number of carbonyl (C=O) groups excluding carboxylic acids is 2. The zero-order valence-electron chi connectivity index (χ0n) is 10.4. The van der Waals surface area contributed by atoms with Crippen LogP contribution in [0.25, 0.3) is 0 Å². The van der Waals surface area contributed by atoms with Crippen molar-refractivity contribution < 1.29 is 19.1 Å². The molecule has 0 amide bonds. The average Bonchev–Trinajstić information content (AvgIpc) is 2.32. The minimum Gasteiger partial charge on any atom is -0.462 e. The van der Waals surface area contributed by atoms with Crippen LogP contribution in [0.2, 0.25) is 0 Å². The predicted octanol–water partition coefficient (Wildman–Crippen LogP) is 2.51. The summed E-state index contributed by atoms with van der Waals surface area (Å²) in [6, 6.07) is 1.52. The molecule has 0 aliphatic carbocycles. The Labute approximate surface area is 114 Å². The molecule has 18 heavy (non-hydrogen) atoms. The number of esters is 2. The predicted molar refractivity (Wildman–Crippen MR) is 68.6 cm³/mol. The Hall–Kier alpha value is -1.43. The summed E-state index contributed by atoms with van der Waals surface area (Å²) in [5, 5.41) is 0. The second-order valence-corrected chi connectivity index (χ2v) is 4.25. The second-order valence-electron chi connectivity index (χ2n) is 3.39. The molecule has 0 aromatic carbocycles. The number of pyridine rings is 1. The molecule has 1 heterocycles. The van der Waals surface area contributed by atoms with Crippen molar-refractivity contribution in [1.82, 2.24) is 4.98 Å². The van der Waals surface area contributed by atoms with E-state index in [1.807, 2.05) is 0 Å². The van der Waals surface area contributed by atoms with E-state index in [2.05, 4.69) is 20.9 Å². The first-order chi connectivity index (χ1) is 8.51. The highest BCUT2D eigenvalue weighted by atomic mass is 79.9. The molecule has 0 aliphatic rings. The lowest BCUT2D eigenvalue weighted by Gasteiger charge is -2.09. The van der Waals surface area contributed by atoms with E-state index in [-0.39, 0.29) is 24.5 Å². The van der Waals surface area contributed by atoms with E-state index in [1.54, 1.807) is 20.8 Å². The fourth-order valence-electron chi connectivity index (χ4n) is 1.30. The minimum atomic E-state index is -0.629. The van der Waals surface area contributed by atoms with E-state index in [4.69, 9.17) is 9.47 Å². The van der Waals surface area contributed by atoms with E-state index >= 15 is 0 Å². The van der Waals surface area contributed by atoms with Gasteiger partial charge < -0.3 is 9.47 Å². The summed E-state index contributed by atoms with van der Waals surface area (Å²) in [7, 11) is 0. The van der Waals surface area contributed by atoms with Crippen molar-refractivity contribution >= 4 is 27.9 Å². The molecule has 0 fully saturated rings. The van der Waals surface area contributed by atoms with Crippen LogP contribution in [0.5, 0.6) is 0 Å². The first-order valence-corrected chi connectivity index (χ1v) is 6.31. The lowest BCUT2D eigenvalue weighted by atomic mass is 10.1. The summed E-state index contributed by atoms with van der Waals surface area (Å²) < 4.78 is 10.4. The number of halogens is 1. The molecule has 0 spiro atoms. The standard InChI is InChI=1S/C12H14BrNO4/c1-4-17-11(15)8-6-9(13)7(3)14-10(8)12(16)18-5-2/h6H,4-5H2,1-3H3. The zero-order chi connectivity index (χ0) is 13.7. The summed E-state index contributed by atoms with van der Waals surface area (Å²) in [6.07, 6.45) is 0. The van der Waals surface area contributed by atoms with Gasteiger partial charge in [-0.15, -0.1) is 0 Å². The minimum absolute atomic E-state index is 0.0176. The second kappa shape index (κ2) is 6.49. The number of nitrogens with zero attached hydrogens (tertiary/aromatic N) is 1. The Morgan fingerprint density at radius 3 is 2.33 bits per heavy atom. The van der Waals surface area contributed by atoms with Crippen molar-refractivity contribution in [2.75, 3.05) is 13.2 Å². The Morgan fingerprint density at radius 2 is 1.78 bits per heavy atom. The Balaban J connectivity index is 3.25. The topological polar surface area (TPSA) is 65.5 Å². The summed E-state index contributed by atoms with van der Waals surface area (Å²) in [5.41, 5.74) is 0.690. The maximum Gasteiger partial charge on any atom is 0.357 e. The van der Waals surface area contributed by atoms with Crippen LogP contribution in [-0.2, 0) is 9.47 Å². The smallest absolute Gasteiger partial charge is 0.357 e. The number of ether oxygens (including phenoxy) is 2. The first kappa shape index (κ1) is 14.6. The maximum absolute atomic E-state index is 11.7. The number of hydrogen-bond donors (Lipinski definition) is 0. The lowest BCUT2D eigenvalue weighted by Crippen LogP contribution is -2.16. The van der Waals surface area contributed by atoms with Crippen LogP contribution in [0.1, 0.15) is 40.4 Å². The summed E-state index contributed by atoms with van der Waals surface area (Å²) in [5.74, 6) is -1.22. The number of carbonyl (C=O) groups is 2. The van der Waals surface area contributed by atoms with E-state index in [0.29, 0.717) is 10.2 Å². The van der Waals surface area contributed by atoms with Gasteiger partial charge in [-0.2, -0.15) is 0 Å². The van der Waals surface area contributed by atoms with Gasteiger partial charge in [0.15, 0.2) is 5.69 Å². The fraction of sp³-hybridized carbons (Fsp3) is 0.417. The third-order valence-corrected chi connectivity index (χ3v) is 2.92. The van der Waals surface area contributed by atoms with Crippen LogP contribution in [0.15, 0.2) is 10.5 Å². The fourth-order valence-corrected chi connectivity index (χ4v) is 1.62. The van der Waals surface area contributed by atoms with Gasteiger partial charge in [0.05, 0.1) is 24.5 Å². The SMILES string of the molecule is CCOC(=O)c1cc(Br)c(C)nc1C(=O)OCC. The van der Waals surface area contributed by atoms with Crippen molar-refractivity contribution in [3.8, 4) is 0 Å². The summed E-state index contributed by atoms with van der Waals surface area (Å²) in [4.78, 5) is 27.5. The van der Waals surface area contributed by atoms with E-state index < -0.39 is 11.9 Å². The van der Waals surface area contributed by atoms with Crippen LogP contribution < -0.4 is 0 Å². The van der Waals surface area contributed by atoms with E-state index in [9.17, 15) is 9.59 Å². The highest BCUT2D eigenvalue weighted by molar-refractivity contribution is 9.10. The van der Waals surface area contributed by atoms with E-state index in [1.165, 1.54) is 6.07 Å². The average molecular weight is 316 g/mol. The van der Waals surface area contributed by atoms with E-state index in [0.717, 1.165) is 0 Å². The Kier molecular flexibility index (Phi) is 5.27. The maximum atomic E-state index is 11.7. The molecule has 0 aliphatic heterocycles. The Morgan fingerprint density at radius 1 is 1.22 bits per heavy atom. The van der Waals surface area contributed by atoms with Gasteiger partial charge in [-0.3, -0.25) is 0 Å². The molecule has 1 rings (SSSR count). The van der Waals surface area contributed by atoms with Gasteiger partial charge in [-0.05, 0) is 42.8 Å². The van der Waals surface area contributed by atoms with Crippen molar-refractivity contribution in [2.24, 2.45) is 0 Å². The van der Waals surface area contributed by atoms with Crippen LogP contribution in [0, 0.1) is 6.92 Å². The molecule has 1 aromatic heterocycles. The molecule has 1 aromatic rings. The highest BCUT2D eigenvalue weighted by Crippen LogP contribution is 2.20. The molecule has 0 atom stereocenters. The van der Waals surface area contributed by atoms with Crippen molar-refractivity contribution in [3.63, 3.8) is 0 Å². The lowest BCUT2D eigenvalue weighted by molar-refractivity contribution is 0.0473. The molecule has 98 valence electrons. The molecule has 0 saturated carbocycles. The van der Waals surface area contributed by atoms with Crippen molar-refractivity contribution in [1.29, 1.82) is 0 Å². The van der Waals surface area contributed by atoms with Gasteiger partial charge in [0, 0.05) is 4.47 Å². The molecule has 5 nitrogen and oxygen atoms in total. The molecule has 0 bridgehead atoms. The zero-order valence-corrected chi connectivity index (χ0v) is 12.0. The van der Waals surface area contributed by atoms with Crippen molar-refractivity contribution in [3.05, 3.63) is 27.5 Å². The first-order valence-electron chi connectivity index (χ1n) is 5.52. The number of rotatable bonds is 4. The van der Waals surface area contributed by atoms with Gasteiger partial charge in [-0.1, -0.05) is 0 Å². The van der Waals surface area contributed by atoms with Gasteiger partial charge in [0.25, 0.3) is 0 Å². The van der Waals surface area contributed by atoms with Gasteiger partial charge in [0.2, 0.25) is 0 Å². The third kappa shape index (κ3) is 3.29. The van der Waals surface area contributed by atoms with Crippen LogP contribution in [0.3, 0.4) is 0 Å². The number of hydrogen-bond acceptors (Lipinski definition) is 5. The molecule has 0 N–H and O–H groups in total. The van der Waals surface area contributed by atoms with Crippen molar-refractivity contribution in [2.45, 2.75) is 20.8 Å².